The number of hydrogen-bond acceptors (Lipinski definition) is 7. The molecule has 1 saturated carbocycles. The Labute approximate surface area is 232 Å². The van der Waals surface area contributed by atoms with Crippen LogP contribution in [0.15, 0.2) is 68.4 Å². The number of benzene rings is 1. The summed E-state index contributed by atoms with van der Waals surface area (Å²) in [5.41, 5.74) is 7.54. The van der Waals surface area contributed by atoms with Crippen LogP contribution >= 0.6 is 11.8 Å². The summed E-state index contributed by atoms with van der Waals surface area (Å²) in [6, 6.07) is 4.41. The highest BCUT2D eigenvalue weighted by atomic mass is 32.2. The lowest BCUT2D eigenvalue weighted by atomic mass is 9.87. The smallest absolute Gasteiger partial charge is 0.153 e. The van der Waals surface area contributed by atoms with Gasteiger partial charge in [-0.2, -0.15) is 5.10 Å². The third kappa shape index (κ3) is 6.96. The summed E-state index contributed by atoms with van der Waals surface area (Å²) >= 11 is 1.26. The minimum atomic E-state index is -1.28. The molecule has 0 saturated heterocycles. The van der Waals surface area contributed by atoms with Crippen LogP contribution in [0, 0.1) is 24.5 Å². The molecule has 5 N–H and O–H groups in total. The number of thioether (sulfide) groups is 1. The first-order chi connectivity index (χ1) is 18.3. The molecule has 3 rings (SSSR count). The molecule has 210 valence electrons. The molecule has 0 aliphatic heterocycles. The van der Waals surface area contributed by atoms with Gasteiger partial charge in [-0.3, -0.25) is 10.1 Å². The van der Waals surface area contributed by atoms with Crippen molar-refractivity contribution in [2.45, 2.75) is 51.0 Å². The van der Waals surface area contributed by atoms with Crippen molar-refractivity contribution in [3.05, 3.63) is 70.8 Å². The lowest BCUT2D eigenvalue weighted by Gasteiger charge is -2.26. The zero-order valence-electron chi connectivity index (χ0n) is 23.5. The highest BCUT2D eigenvalue weighted by Crippen LogP contribution is 2.44. The lowest BCUT2D eigenvalue weighted by Crippen LogP contribution is -2.34. The molecule has 0 bridgehead atoms. The van der Waals surface area contributed by atoms with Crippen molar-refractivity contribution in [1.82, 2.24) is 10.2 Å². The van der Waals surface area contributed by atoms with Crippen LogP contribution in [0.1, 0.15) is 39.3 Å². The number of allylic oxidation sites excluding steroid dienone is 2. The van der Waals surface area contributed by atoms with Crippen molar-refractivity contribution in [3.8, 4) is 0 Å². The SMILES string of the molecule is C=C(/C(=C/N)C(=NC)C(C)(C)O)/C(=C(\N=C(/C)N(C)c1c(F)cc(SC)cc1F)Nc1cc(C)[nH]n1)C1CC1. The molecule has 39 heavy (non-hydrogen) atoms. The number of anilines is 2. The minimum absolute atomic E-state index is 0.103. The van der Waals surface area contributed by atoms with Gasteiger partial charge < -0.3 is 21.1 Å². The molecular formula is C28H37F2N7OS. The summed E-state index contributed by atoms with van der Waals surface area (Å²) in [5, 5.41) is 21.2. The largest absolute Gasteiger partial charge is 0.404 e. The van der Waals surface area contributed by atoms with Crippen molar-refractivity contribution < 1.29 is 13.9 Å². The molecular weight excluding hydrogens is 520 g/mol. The van der Waals surface area contributed by atoms with Crippen LogP contribution < -0.4 is 16.0 Å². The summed E-state index contributed by atoms with van der Waals surface area (Å²) in [6.45, 7) is 11.1. The number of aryl methyl sites for hydroxylation is 1. The molecule has 1 aliphatic rings. The summed E-state index contributed by atoms with van der Waals surface area (Å²) in [6.07, 6.45) is 4.92. The zero-order valence-corrected chi connectivity index (χ0v) is 24.3. The van der Waals surface area contributed by atoms with Crippen molar-refractivity contribution in [2.24, 2.45) is 21.6 Å². The average Bonchev–Trinajstić information content (AvgIpc) is 3.60. The number of nitrogens with two attached hydrogens (primary N) is 1. The van der Waals surface area contributed by atoms with E-state index in [2.05, 4.69) is 27.1 Å². The molecule has 1 aromatic carbocycles. The number of rotatable bonds is 10. The van der Waals surface area contributed by atoms with Crippen LogP contribution in [0.3, 0.4) is 0 Å². The second kappa shape index (κ2) is 12.2. The second-order valence-electron chi connectivity index (χ2n) is 9.95. The Morgan fingerprint density at radius 2 is 1.92 bits per heavy atom. The first-order valence-corrected chi connectivity index (χ1v) is 13.7. The highest BCUT2D eigenvalue weighted by Gasteiger charge is 2.35. The first kappa shape index (κ1) is 30.1. The fraction of sp³-hybridized carbons (Fsp3) is 0.393. The van der Waals surface area contributed by atoms with Crippen molar-refractivity contribution in [2.75, 3.05) is 30.6 Å². The Balaban J connectivity index is 2.18. The molecule has 0 spiro atoms. The number of amidine groups is 1. The molecule has 0 atom stereocenters. The third-order valence-corrected chi connectivity index (χ3v) is 7.10. The number of hydrogen-bond donors (Lipinski definition) is 4. The number of halogens is 2. The molecule has 1 heterocycles. The van der Waals surface area contributed by atoms with Crippen molar-refractivity contribution in [3.63, 3.8) is 0 Å². The third-order valence-electron chi connectivity index (χ3n) is 6.39. The minimum Gasteiger partial charge on any atom is -0.404 e. The van der Waals surface area contributed by atoms with Crippen LogP contribution in [0.5, 0.6) is 0 Å². The first-order valence-electron chi connectivity index (χ1n) is 12.5. The fourth-order valence-electron chi connectivity index (χ4n) is 4.28. The van der Waals surface area contributed by atoms with Gasteiger partial charge in [0, 0.05) is 48.1 Å². The van der Waals surface area contributed by atoms with E-state index < -0.39 is 17.2 Å². The summed E-state index contributed by atoms with van der Waals surface area (Å²) in [7, 11) is 3.14. The van der Waals surface area contributed by atoms with Gasteiger partial charge in [0.2, 0.25) is 0 Å². The van der Waals surface area contributed by atoms with E-state index in [1.807, 2.05) is 13.0 Å². The van der Waals surface area contributed by atoms with E-state index in [1.165, 1.54) is 35.0 Å². The predicted molar refractivity (Wildman–Crippen MR) is 157 cm³/mol. The Morgan fingerprint density at radius 3 is 2.36 bits per heavy atom. The molecule has 1 aromatic heterocycles. The van der Waals surface area contributed by atoms with E-state index in [-0.39, 0.29) is 11.6 Å². The number of H-pyrrole nitrogens is 1. The molecule has 1 aliphatic carbocycles. The van der Waals surface area contributed by atoms with Gasteiger partial charge in [-0.25, -0.2) is 13.8 Å². The van der Waals surface area contributed by atoms with E-state index in [0.29, 0.717) is 39.2 Å². The summed E-state index contributed by atoms with van der Waals surface area (Å²) in [4.78, 5) is 11.0. The number of nitrogens with zero attached hydrogens (tertiary/aromatic N) is 4. The normalized spacial score (nSPS) is 15.8. The van der Waals surface area contributed by atoms with E-state index in [0.717, 1.165) is 24.1 Å². The van der Waals surface area contributed by atoms with E-state index >= 15 is 0 Å². The molecule has 0 amide bonds. The van der Waals surface area contributed by atoms with Crippen LogP contribution in [0.25, 0.3) is 0 Å². The number of aliphatic imine (C=N–C) groups is 2. The lowest BCUT2D eigenvalue weighted by molar-refractivity contribution is 0.154. The summed E-state index contributed by atoms with van der Waals surface area (Å²) < 4.78 is 29.9. The van der Waals surface area contributed by atoms with Crippen LogP contribution in [0.4, 0.5) is 20.3 Å². The monoisotopic (exact) mass is 557 g/mol. The molecule has 0 radical (unpaired) electrons. The number of aromatic nitrogens is 2. The Bertz CT molecular complexity index is 1340. The van der Waals surface area contributed by atoms with Gasteiger partial charge in [0.1, 0.15) is 22.9 Å². The fourth-order valence-corrected chi connectivity index (χ4v) is 4.73. The maximum absolute atomic E-state index is 14.9. The Kier molecular flexibility index (Phi) is 9.39. The molecule has 1 fully saturated rings. The van der Waals surface area contributed by atoms with Gasteiger partial charge in [-0.15, -0.1) is 11.8 Å². The predicted octanol–water partition coefficient (Wildman–Crippen LogP) is 5.55. The molecule has 0 unspecified atom stereocenters. The number of nitrogens with one attached hydrogen (secondary N) is 2. The zero-order chi connectivity index (χ0) is 29.1. The van der Waals surface area contributed by atoms with Gasteiger partial charge in [0.15, 0.2) is 17.5 Å². The topological polar surface area (TPSA) is 115 Å². The van der Waals surface area contributed by atoms with Crippen LogP contribution in [-0.2, 0) is 0 Å². The van der Waals surface area contributed by atoms with Crippen LogP contribution in [-0.4, -0.2) is 52.8 Å². The number of aromatic amines is 1. The highest BCUT2D eigenvalue weighted by molar-refractivity contribution is 7.98. The maximum Gasteiger partial charge on any atom is 0.153 e. The van der Waals surface area contributed by atoms with Crippen molar-refractivity contribution in [1.29, 1.82) is 0 Å². The Hall–Kier alpha value is -3.44. The van der Waals surface area contributed by atoms with Crippen LogP contribution in [0.2, 0.25) is 0 Å². The van der Waals surface area contributed by atoms with Gasteiger partial charge in [0.25, 0.3) is 0 Å². The van der Waals surface area contributed by atoms with Gasteiger partial charge in [0.05, 0.1) is 5.71 Å². The molecule has 8 nitrogen and oxygen atoms in total. The van der Waals surface area contributed by atoms with E-state index in [4.69, 9.17) is 10.7 Å². The Morgan fingerprint density at radius 1 is 1.31 bits per heavy atom. The molecule has 11 heteroatoms. The quantitative estimate of drug-likeness (QED) is 0.132. The molecule has 2 aromatic rings. The number of aliphatic hydroxyl groups is 1. The maximum atomic E-state index is 14.9. The average molecular weight is 558 g/mol. The standard InChI is InChI=1S/C28H37F2N7OS/c1-15-11-23(36-35-15)34-27(33-17(3)37(7)25-21(29)12-19(39-8)13-22(25)30)24(18-9-10-18)16(2)20(14-31)26(32-6)28(4,5)38/h11-14,18,38H,2,9-10,31H2,1,3-8H3,(H2,34,35,36)/b20-14-,27-24-,32-26?,33-17+. The summed E-state index contributed by atoms with van der Waals surface area (Å²) in [5.74, 6) is -0.0227. The van der Waals surface area contributed by atoms with E-state index in [9.17, 15) is 13.9 Å². The van der Waals surface area contributed by atoms with Crippen molar-refractivity contribution >= 4 is 34.8 Å². The van der Waals surface area contributed by atoms with Gasteiger partial charge in [-0.05, 0) is 70.4 Å². The van der Waals surface area contributed by atoms with E-state index in [1.54, 1.807) is 41.1 Å². The second-order valence-corrected chi connectivity index (χ2v) is 10.8. The van der Waals surface area contributed by atoms with Gasteiger partial charge in [-0.1, -0.05) is 6.58 Å². The van der Waals surface area contributed by atoms with Gasteiger partial charge >= 0.3 is 0 Å².